The van der Waals surface area contributed by atoms with E-state index in [2.05, 4.69) is 4.72 Å². The third-order valence-corrected chi connectivity index (χ3v) is 5.41. The predicted octanol–water partition coefficient (Wildman–Crippen LogP) is 1.57. The normalized spacial score (nSPS) is 18.4. The van der Waals surface area contributed by atoms with Crippen molar-refractivity contribution in [2.24, 2.45) is 5.92 Å². The summed E-state index contributed by atoms with van der Waals surface area (Å²) in [6.07, 6.45) is -4.94. The van der Waals surface area contributed by atoms with Gasteiger partial charge in [0.15, 0.2) is 0 Å². The van der Waals surface area contributed by atoms with E-state index in [9.17, 15) is 31.2 Å². The SMILES string of the molecule is O=C(O)C1CC(=O)N(CCNS(=O)(=O)c2cc(Cl)cc(C(F)(F)F)c2)C1. The number of aliphatic carboxylic acids is 1. The molecule has 0 spiro atoms. The van der Waals surface area contributed by atoms with Gasteiger partial charge in [0.05, 0.1) is 16.4 Å². The van der Waals surface area contributed by atoms with E-state index in [4.69, 9.17) is 16.7 Å². The summed E-state index contributed by atoms with van der Waals surface area (Å²) in [6, 6.07) is 1.94. The zero-order chi connectivity index (χ0) is 19.7. The van der Waals surface area contributed by atoms with Gasteiger partial charge >= 0.3 is 12.1 Å². The molecule has 0 aliphatic carbocycles. The minimum absolute atomic E-state index is 0.0503. The smallest absolute Gasteiger partial charge is 0.416 e. The quantitative estimate of drug-likeness (QED) is 0.735. The van der Waals surface area contributed by atoms with E-state index >= 15 is 0 Å². The molecular formula is C14H14ClF3N2O5S. The standard InChI is InChI=1S/C14H14ClF3N2O5S/c15-10-4-9(14(16,17)18)5-11(6-10)26(24,25)19-1-2-20-7-8(13(22)23)3-12(20)21/h4-6,8,19H,1-3,7H2,(H,22,23). The Bertz CT molecular complexity index is 828. The van der Waals surface area contributed by atoms with Gasteiger partial charge in [-0.25, -0.2) is 13.1 Å². The van der Waals surface area contributed by atoms with Crippen molar-refractivity contribution >= 4 is 33.5 Å². The molecule has 0 bridgehead atoms. The van der Waals surface area contributed by atoms with Crippen LogP contribution in [-0.2, 0) is 25.8 Å². The number of rotatable bonds is 6. The average molecular weight is 415 g/mol. The van der Waals surface area contributed by atoms with Crippen molar-refractivity contribution in [2.75, 3.05) is 19.6 Å². The molecule has 26 heavy (non-hydrogen) atoms. The Kier molecular flexibility index (Phi) is 5.83. The van der Waals surface area contributed by atoms with E-state index in [0.717, 1.165) is 6.07 Å². The Morgan fingerprint density at radius 2 is 2.00 bits per heavy atom. The Morgan fingerprint density at radius 1 is 1.35 bits per heavy atom. The molecule has 0 aromatic heterocycles. The number of likely N-dealkylation sites (tertiary alicyclic amines) is 1. The summed E-state index contributed by atoms with van der Waals surface area (Å²) in [4.78, 5) is 23.0. The fourth-order valence-corrected chi connectivity index (χ4v) is 3.82. The number of alkyl halides is 3. The third-order valence-electron chi connectivity index (χ3n) is 3.75. The number of benzene rings is 1. The molecule has 1 atom stereocenters. The molecule has 0 saturated carbocycles. The minimum atomic E-state index is -4.76. The summed E-state index contributed by atoms with van der Waals surface area (Å²) in [7, 11) is -4.29. The fourth-order valence-electron chi connectivity index (χ4n) is 2.43. The summed E-state index contributed by atoms with van der Waals surface area (Å²) in [5, 5.41) is 8.49. The Hall–Kier alpha value is -1.85. The van der Waals surface area contributed by atoms with Crippen LogP contribution in [0.15, 0.2) is 23.1 Å². The van der Waals surface area contributed by atoms with Gasteiger partial charge in [0.1, 0.15) is 0 Å². The molecule has 12 heteroatoms. The first-order valence-electron chi connectivity index (χ1n) is 7.28. The second-order valence-corrected chi connectivity index (χ2v) is 7.85. The summed E-state index contributed by atoms with van der Waals surface area (Å²) < 4.78 is 64.7. The van der Waals surface area contributed by atoms with Crippen molar-refractivity contribution in [1.82, 2.24) is 9.62 Å². The maximum Gasteiger partial charge on any atom is 0.416 e. The van der Waals surface area contributed by atoms with Gasteiger partial charge in [-0.3, -0.25) is 9.59 Å². The molecule has 1 aromatic rings. The van der Waals surface area contributed by atoms with E-state index in [-0.39, 0.29) is 31.1 Å². The number of carboxylic acid groups (broad SMARTS) is 1. The number of nitrogens with one attached hydrogen (secondary N) is 1. The van der Waals surface area contributed by atoms with Crippen molar-refractivity contribution in [3.05, 3.63) is 28.8 Å². The summed E-state index contributed by atoms with van der Waals surface area (Å²) in [5.74, 6) is -2.42. The predicted molar refractivity (Wildman–Crippen MR) is 84.0 cm³/mol. The van der Waals surface area contributed by atoms with Crippen molar-refractivity contribution in [3.8, 4) is 0 Å². The highest BCUT2D eigenvalue weighted by Gasteiger charge is 2.34. The maximum absolute atomic E-state index is 12.8. The molecule has 1 aliphatic heterocycles. The molecule has 2 rings (SSSR count). The number of carbonyl (C=O) groups is 2. The van der Waals surface area contributed by atoms with Gasteiger partial charge in [0, 0.05) is 31.1 Å². The summed E-state index contributed by atoms with van der Waals surface area (Å²) in [6.45, 7) is -0.436. The second kappa shape index (κ2) is 7.41. The molecule has 2 N–H and O–H groups in total. The van der Waals surface area contributed by atoms with Gasteiger partial charge in [-0.1, -0.05) is 11.6 Å². The van der Waals surface area contributed by atoms with Crippen LogP contribution in [0.25, 0.3) is 0 Å². The topological polar surface area (TPSA) is 104 Å². The van der Waals surface area contributed by atoms with E-state index in [1.165, 1.54) is 4.90 Å². The molecule has 1 aromatic carbocycles. The molecule has 144 valence electrons. The van der Waals surface area contributed by atoms with Crippen LogP contribution in [-0.4, -0.2) is 49.9 Å². The van der Waals surface area contributed by atoms with Crippen LogP contribution in [0.3, 0.4) is 0 Å². The largest absolute Gasteiger partial charge is 0.481 e. The average Bonchev–Trinajstić information content (AvgIpc) is 2.87. The number of hydrogen-bond acceptors (Lipinski definition) is 4. The van der Waals surface area contributed by atoms with Crippen LogP contribution < -0.4 is 4.72 Å². The molecule has 1 amide bonds. The fraction of sp³-hybridized carbons (Fsp3) is 0.429. The first kappa shape index (κ1) is 20.5. The number of carboxylic acids is 1. The Labute approximate surface area is 151 Å². The van der Waals surface area contributed by atoms with Gasteiger partial charge in [-0.15, -0.1) is 0 Å². The number of nitrogens with zero attached hydrogens (tertiary/aromatic N) is 1. The van der Waals surface area contributed by atoms with E-state index in [0.29, 0.717) is 12.1 Å². The van der Waals surface area contributed by atoms with Crippen LogP contribution in [0.2, 0.25) is 5.02 Å². The van der Waals surface area contributed by atoms with Crippen LogP contribution in [0.5, 0.6) is 0 Å². The molecule has 1 unspecified atom stereocenters. The lowest BCUT2D eigenvalue weighted by Crippen LogP contribution is -2.36. The molecule has 1 aliphatic rings. The molecule has 1 saturated heterocycles. The first-order chi connectivity index (χ1) is 11.9. The zero-order valence-corrected chi connectivity index (χ0v) is 14.7. The Morgan fingerprint density at radius 3 is 2.54 bits per heavy atom. The van der Waals surface area contributed by atoms with Crippen molar-refractivity contribution in [2.45, 2.75) is 17.5 Å². The highest BCUT2D eigenvalue weighted by atomic mass is 35.5. The molecule has 7 nitrogen and oxygen atoms in total. The number of amides is 1. The number of sulfonamides is 1. The van der Waals surface area contributed by atoms with Crippen LogP contribution in [0.4, 0.5) is 13.2 Å². The lowest BCUT2D eigenvalue weighted by molar-refractivity contribution is -0.141. The van der Waals surface area contributed by atoms with Gasteiger partial charge < -0.3 is 10.0 Å². The van der Waals surface area contributed by atoms with Gasteiger partial charge in [0.2, 0.25) is 15.9 Å². The van der Waals surface area contributed by atoms with Gasteiger partial charge in [-0.2, -0.15) is 13.2 Å². The van der Waals surface area contributed by atoms with Crippen LogP contribution in [0.1, 0.15) is 12.0 Å². The van der Waals surface area contributed by atoms with Crippen molar-refractivity contribution < 1.29 is 36.3 Å². The van der Waals surface area contributed by atoms with Crippen LogP contribution in [0, 0.1) is 5.92 Å². The van der Waals surface area contributed by atoms with Crippen LogP contribution >= 0.6 is 11.6 Å². The van der Waals surface area contributed by atoms with Crippen molar-refractivity contribution in [3.63, 3.8) is 0 Å². The maximum atomic E-state index is 12.8. The molecule has 1 fully saturated rings. The van der Waals surface area contributed by atoms with E-state index in [1.54, 1.807) is 0 Å². The monoisotopic (exact) mass is 414 g/mol. The highest BCUT2D eigenvalue weighted by molar-refractivity contribution is 7.89. The first-order valence-corrected chi connectivity index (χ1v) is 9.14. The van der Waals surface area contributed by atoms with E-state index in [1.807, 2.05) is 0 Å². The number of carbonyl (C=O) groups excluding carboxylic acids is 1. The lowest BCUT2D eigenvalue weighted by Gasteiger charge is -2.16. The summed E-state index contributed by atoms with van der Waals surface area (Å²) in [5.41, 5.74) is -1.20. The highest BCUT2D eigenvalue weighted by Crippen LogP contribution is 2.32. The van der Waals surface area contributed by atoms with E-state index < -0.39 is 44.5 Å². The summed E-state index contributed by atoms with van der Waals surface area (Å²) >= 11 is 5.56. The zero-order valence-electron chi connectivity index (χ0n) is 13.1. The Balaban J connectivity index is 2.05. The number of halogens is 4. The minimum Gasteiger partial charge on any atom is -0.481 e. The lowest BCUT2D eigenvalue weighted by atomic mass is 10.1. The molecular weight excluding hydrogens is 401 g/mol. The van der Waals surface area contributed by atoms with Crippen molar-refractivity contribution in [1.29, 1.82) is 0 Å². The van der Waals surface area contributed by atoms with Gasteiger partial charge in [-0.05, 0) is 18.2 Å². The number of hydrogen-bond donors (Lipinski definition) is 2. The van der Waals surface area contributed by atoms with Gasteiger partial charge in [0.25, 0.3) is 0 Å². The third kappa shape index (κ3) is 4.86. The molecule has 1 heterocycles. The second-order valence-electron chi connectivity index (χ2n) is 5.65. The molecule has 0 radical (unpaired) electrons.